The van der Waals surface area contributed by atoms with Crippen LogP contribution in [0.3, 0.4) is 0 Å². The summed E-state index contributed by atoms with van der Waals surface area (Å²) in [4.78, 5) is 13.5. The molecule has 5 nitrogen and oxygen atoms in total. The van der Waals surface area contributed by atoms with Crippen LogP contribution in [0.5, 0.6) is 0 Å². The number of nitrogens with one attached hydrogen (secondary N) is 1. The van der Waals surface area contributed by atoms with Crippen molar-refractivity contribution >= 4 is 57.9 Å². The Morgan fingerprint density at radius 3 is 2.75 bits per heavy atom. The number of amides is 1. The molecule has 28 heavy (non-hydrogen) atoms. The van der Waals surface area contributed by atoms with E-state index in [9.17, 15) is 4.79 Å². The number of hydrogen-bond donors (Lipinski definition) is 1. The van der Waals surface area contributed by atoms with Crippen molar-refractivity contribution in [1.82, 2.24) is 14.8 Å². The summed E-state index contributed by atoms with van der Waals surface area (Å²) < 4.78 is 1.97. The van der Waals surface area contributed by atoms with Gasteiger partial charge in [0.05, 0.1) is 15.8 Å². The third-order valence-corrected chi connectivity index (χ3v) is 6.81. The number of benzene rings is 1. The van der Waals surface area contributed by atoms with E-state index >= 15 is 0 Å². The molecular formula is C19H18Cl2N4OS2. The van der Waals surface area contributed by atoms with Gasteiger partial charge in [-0.2, -0.15) is 0 Å². The van der Waals surface area contributed by atoms with Crippen LogP contribution < -0.4 is 5.32 Å². The monoisotopic (exact) mass is 452 g/mol. The zero-order valence-corrected chi connectivity index (χ0v) is 18.5. The third kappa shape index (κ3) is 4.60. The maximum Gasteiger partial charge on any atom is 0.234 e. The highest BCUT2D eigenvalue weighted by Crippen LogP contribution is 2.31. The predicted molar refractivity (Wildman–Crippen MR) is 119 cm³/mol. The Morgan fingerprint density at radius 1 is 1.32 bits per heavy atom. The van der Waals surface area contributed by atoms with E-state index in [0.29, 0.717) is 27.4 Å². The van der Waals surface area contributed by atoms with Gasteiger partial charge in [0, 0.05) is 28.1 Å². The molecule has 0 spiro atoms. The highest BCUT2D eigenvalue weighted by atomic mass is 35.5. The van der Waals surface area contributed by atoms with Gasteiger partial charge in [-0.15, -0.1) is 28.1 Å². The molecule has 0 radical (unpaired) electrons. The van der Waals surface area contributed by atoms with Crippen molar-refractivity contribution in [2.75, 3.05) is 11.1 Å². The van der Waals surface area contributed by atoms with Crippen molar-refractivity contribution in [3.05, 3.63) is 56.7 Å². The van der Waals surface area contributed by atoms with Crippen LogP contribution in [0.15, 0.2) is 41.4 Å². The van der Waals surface area contributed by atoms with E-state index < -0.39 is 0 Å². The van der Waals surface area contributed by atoms with Crippen LogP contribution in [0.4, 0.5) is 5.69 Å². The number of anilines is 1. The first-order valence-corrected chi connectivity index (χ1v) is 11.0. The van der Waals surface area contributed by atoms with Crippen molar-refractivity contribution < 1.29 is 4.79 Å². The van der Waals surface area contributed by atoms with Gasteiger partial charge in [0.1, 0.15) is 0 Å². The fourth-order valence-electron chi connectivity index (χ4n) is 2.52. The molecule has 0 aliphatic heterocycles. The molecule has 9 heteroatoms. The lowest BCUT2D eigenvalue weighted by Gasteiger charge is -2.08. The Bertz CT molecular complexity index is 1030. The van der Waals surface area contributed by atoms with Gasteiger partial charge in [0.2, 0.25) is 5.91 Å². The number of aryl methyl sites for hydroxylation is 1. The summed E-state index contributed by atoms with van der Waals surface area (Å²) in [5, 5.41) is 15.0. The summed E-state index contributed by atoms with van der Waals surface area (Å²) in [6.45, 7) is 8.54. The van der Waals surface area contributed by atoms with Gasteiger partial charge in [0.25, 0.3) is 0 Å². The fourth-order valence-corrected chi connectivity index (χ4v) is 4.43. The minimum Gasteiger partial charge on any atom is -0.325 e. The minimum atomic E-state index is -0.166. The quantitative estimate of drug-likeness (QED) is 0.360. The Balaban J connectivity index is 1.73. The van der Waals surface area contributed by atoms with E-state index in [0.717, 1.165) is 11.4 Å². The van der Waals surface area contributed by atoms with Gasteiger partial charge in [-0.3, -0.25) is 9.36 Å². The summed E-state index contributed by atoms with van der Waals surface area (Å²) in [5.41, 5.74) is 2.85. The van der Waals surface area contributed by atoms with E-state index in [4.69, 9.17) is 23.2 Å². The molecule has 0 fully saturated rings. The van der Waals surface area contributed by atoms with Crippen LogP contribution >= 0.6 is 46.3 Å². The standard InChI is InChI=1S/C19H18Cl2N4OS2/c1-4-7-25-18(14-9-27-12(3)11(14)2)23-24-19(25)28-10-17(26)22-13-5-6-15(20)16(21)8-13/h4-6,8-9H,1,7,10H2,2-3H3,(H,22,26). The molecule has 0 saturated heterocycles. The molecule has 0 atom stereocenters. The SMILES string of the molecule is C=CCn1c(SCC(=O)Nc2ccc(Cl)c(Cl)c2)nnc1-c1csc(C)c1C. The second-order valence-corrected chi connectivity index (χ2v) is 8.84. The molecule has 1 aromatic carbocycles. The number of aromatic nitrogens is 3. The Morgan fingerprint density at radius 2 is 2.11 bits per heavy atom. The topological polar surface area (TPSA) is 59.8 Å². The number of carbonyl (C=O) groups is 1. The average molecular weight is 453 g/mol. The lowest BCUT2D eigenvalue weighted by atomic mass is 10.1. The molecular weight excluding hydrogens is 435 g/mol. The number of allylic oxidation sites excluding steroid dienone is 1. The zero-order chi connectivity index (χ0) is 20.3. The number of rotatable bonds is 7. The van der Waals surface area contributed by atoms with Crippen LogP contribution in [-0.2, 0) is 11.3 Å². The lowest BCUT2D eigenvalue weighted by molar-refractivity contribution is -0.113. The molecule has 2 aromatic heterocycles. The van der Waals surface area contributed by atoms with Gasteiger partial charge in [0.15, 0.2) is 11.0 Å². The molecule has 2 heterocycles. The highest BCUT2D eigenvalue weighted by molar-refractivity contribution is 7.99. The van der Waals surface area contributed by atoms with Crippen molar-refractivity contribution in [3.8, 4) is 11.4 Å². The van der Waals surface area contributed by atoms with Crippen LogP contribution in [0.2, 0.25) is 10.0 Å². The fraction of sp³-hybridized carbons (Fsp3) is 0.211. The summed E-state index contributed by atoms with van der Waals surface area (Å²) in [6, 6.07) is 4.97. The van der Waals surface area contributed by atoms with Crippen LogP contribution in [0.25, 0.3) is 11.4 Å². The third-order valence-electron chi connectivity index (χ3n) is 4.09. The Labute approximate surface area is 181 Å². The van der Waals surface area contributed by atoms with E-state index in [1.807, 2.05) is 4.57 Å². The van der Waals surface area contributed by atoms with Gasteiger partial charge in [-0.1, -0.05) is 41.0 Å². The van der Waals surface area contributed by atoms with Crippen molar-refractivity contribution in [2.45, 2.75) is 25.5 Å². The van der Waals surface area contributed by atoms with Gasteiger partial charge >= 0.3 is 0 Å². The van der Waals surface area contributed by atoms with E-state index in [1.54, 1.807) is 35.6 Å². The molecule has 0 saturated carbocycles. The summed E-state index contributed by atoms with van der Waals surface area (Å²) in [6.07, 6.45) is 1.79. The number of halogens is 2. The van der Waals surface area contributed by atoms with Gasteiger partial charge in [-0.25, -0.2) is 0 Å². The number of thioether (sulfide) groups is 1. The molecule has 0 aliphatic rings. The second kappa shape index (κ2) is 9.13. The first kappa shape index (κ1) is 20.9. The van der Waals surface area contributed by atoms with Crippen molar-refractivity contribution in [3.63, 3.8) is 0 Å². The average Bonchev–Trinajstić information content (AvgIpc) is 3.20. The Kier molecular flexibility index (Phi) is 6.82. The summed E-state index contributed by atoms with van der Waals surface area (Å²) in [7, 11) is 0. The highest BCUT2D eigenvalue weighted by Gasteiger charge is 2.18. The van der Waals surface area contributed by atoms with Crippen molar-refractivity contribution in [2.24, 2.45) is 0 Å². The summed E-state index contributed by atoms with van der Waals surface area (Å²) >= 11 is 14.9. The molecule has 1 amide bonds. The lowest BCUT2D eigenvalue weighted by Crippen LogP contribution is -2.14. The molecule has 1 N–H and O–H groups in total. The largest absolute Gasteiger partial charge is 0.325 e. The molecule has 3 rings (SSSR count). The smallest absolute Gasteiger partial charge is 0.234 e. The minimum absolute atomic E-state index is 0.166. The molecule has 3 aromatic rings. The molecule has 146 valence electrons. The maximum absolute atomic E-state index is 12.3. The Hall–Kier alpha value is -1.80. The second-order valence-electron chi connectivity index (χ2n) is 6.00. The first-order valence-electron chi connectivity index (χ1n) is 8.37. The van der Waals surface area contributed by atoms with E-state index in [2.05, 4.69) is 41.3 Å². The molecule has 0 unspecified atom stereocenters. The van der Waals surface area contributed by atoms with Gasteiger partial charge < -0.3 is 5.32 Å². The van der Waals surface area contributed by atoms with E-state index in [1.165, 1.54) is 22.2 Å². The first-order chi connectivity index (χ1) is 13.4. The normalized spacial score (nSPS) is 10.9. The zero-order valence-electron chi connectivity index (χ0n) is 15.3. The number of carbonyl (C=O) groups excluding carboxylic acids is 1. The van der Waals surface area contributed by atoms with E-state index in [-0.39, 0.29) is 11.7 Å². The predicted octanol–water partition coefficient (Wildman–Crippen LogP) is 5.85. The van der Waals surface area contributed by atoms with Crippen LogP contribution in [-0.4, -0.2) is 26.4 Å². The maximum atomic E-state index is 12.3. The number of hydrogen-bond acceptors (Lipinski definition) is 5. The van der Waals surface area contributed by atoms with Crippen molar-refractivity contribution in [1.29, 1.82) is 0 Å². The van der Waals surface area contributed by atoms with Gasteiger partial charge in [-0.05, 0) is 37.6 Å². The number of thiophene rings is 1. The summed E-state index contributed by atoms with van der Waals surface area (Å²) in [5.74, 6) is 0.812. The number of nitrogens with zero attached hydrogens (tertiary/aromatic N) is 3. The van der Waals surface area contributed by atoms with Crippen LogP contribution in [0, 0.1) is 13.8 Å². The molecule has 0 aliphatic carbocycles. The molecule has 0 bridgehead atoms. The van der Waals surface area contributed by atoms with Crippen LogP contribution in [0.1, 0.15) is 10.4 Å².